The third-order valence-electron chi connectivity index (χ3n) is 3.28. The quantitative estimate of drug-likeness (QED) is 0.725. The Labute approximate surface area is 106 Å². The normalized spacial score (nSPS) is 20.1. The number of anilines is 2. The minimum absolute atomic E-state index is 0.303. The van der Waals surface area contributed by atoms with Crippen LogP contribution in [0.2, 0.25) is 0 Å². The summed E-state index contributed by atoms with van der Waals surface area (Å²) in [6.07, 6.45) is 3.86. The van der Waals surface area contributed by atoms with Gasteiger partial charge in [0.15, 0.2) is 0 Å². The lowest BCUT2D eigenvalue weighted by atomic mass is 10.1. The minimum atomic E-state index is 0.303. The zero-order valence-electron chi connectivity index (χ0n) is 10.3. The topological polar surface area (TPSA) is 76.0 Å². The molecule has 1 aliphatic rings. The van der Waals surface area contributed by atoms with Crippen molar-refractivity contribution in [3.8, 4) is 0 Å². The van der Waals surface area contributed by atoms with Crippen molar-refractivity contribution in [2.24, 2.45) is 0 Å². The number of nitrogen functional groups attached to an aromatic ring is 1. The molecule has 3 rings (SSSR count). The third-order valence-corrected chi connectivity index (χ3v) is 3.28. The number of hydrogen-bond donors (Lipinski definition) is 3. The highest BCUT2D eigenvalue weighted by Gasteiger charge is 2.14. The molecule has 1 aromatic heterocycles. The fraction of sp³-hybridized carbons (Fsp3) is 0.462. The lowest BCUT2D eigenvalue weighted by Crippen LogP contribution is -2.27. The van der Waals surface area contributed by atoms with Crippen LogP contribution in [0.25, 0.3) is 11.0 Å². The maximum absolute atomic E-state index is 5.74. The second kappa shape index (κ2) is 4.86. The molecule has 1 unspecified atom stereocenters. The van der Waals surface area contributed by atoms with Crippen LogP contribution in [0.1, 0.15) is 19.3 Å². The maximum atomic E-state index is 5.74. The first kappa shape index (κ1) is 11.3. The van der Waals surface area contributed by atoms with E-state index in [9.17, 15) is 0 Å². The second-order valence-corrected chi connectivity index (χ2v) is 4.73. The van der Waals surface area contributed by atoms with Crippen LogP contribution in [0.4, 0.5) is 11.6 Å². The summed E-state index contributed by atoms with van der Waals surface area (Å²) in [6, 6.07) is 5.67. The van der Waals surface area contributed by atoms with Crippen LogP contribution in [0.15, 0.2) is 18.2 Å². The van der Waals surface area contributed by atoms with Crippen molar-refractivity contribution in [2.75, 3.05) is 24.2 Å². The van der Waals surface area contributed by atoms with Crippen molar-refractivity contribution in [1.29, 1.82) is 0 Å². The van der Waals surface area contributed by atoms with Crippen LogP contribution in [0, 0.1) is 0 Å². The number of nitrogens with two attached hydrogens (primary N) is 1. The molecule has 1 fully saturated rings. The van der Waals surface area contributed by atoms with Gasteiger partial charge >= 0.3 is 0 Å². The van der Waals surface area contributed by atoms with Crippen molar-refractivity contribution in [3.63, 3.8) is 0 Å². The Morgan fingerprint density at radius 1 is 1.44 bits per heavy atom. The van der Waals surface area contributed by atoms with E-state index in [4.69, 9.17) is 10.5 Å². The van der Waals surface area contributed by atoms with Crippen LogP contribution in [-0.2, 0) is 4.74 Å². The monoisotopic (exact) mass is 246 g/mol. The van der Waals surface area contributed by atoms with Gasteiger partial charge in [0.2, 0.25) is 5.95 Å². The van der Waals surface area contributed by atoms with E-state index in [2.05, 4.69) is 15.3 Å². The summed E-state index contributed by atoms with van der Waals surface area (Å²) < 4.78 is 5.67. The zero-order chi connectivity index (χ0) is 12.4. The lowest BCUT2D eigenvalue weighted by Gasteiger charge is -2.22. The van der Waals surface area contributed by atoms with Crippen LogP contribution in [0.5, 0.6) is 0 Å². The molecule has 2 aromatic rings. The molecule has 1 atom stereocenters. The molecule has 0 bridgehead atoms. The summed E-state index contributed by atoms with van der Waals surface area (Å²) in [5.41, 5.74) is 8.37. The lowest BCUT2D eigenvalue weighted by molar-refractivity contribution is 0.0247. The summed E-state index contributed by atoms with van der Waals surface area (Å²) in [7, 11) is 0. The maximum Gasteiger partial charge on any atom is 0.201 e. The van der Waals surface area contributed by atoms with Gasteiger partial charge in [0, 0.05) is 18.8 Å². The van der Waals surface area contributed by atoms with Crippen molar-refractivity contribution in [3.05, 3.63) is 18.2 Å². The largest absolute Gasteiger partial charge is 0.399 e. The van der Waals surface area contributed by atoms with E-state index in [0.29, 0.717) is 6.10 Å². The summed E-state index contributed by atoms with van der Waals surface area (Å²) in [5, 5.41) is 3.29. The molecular formula is C13H18N4O. The van der Waals surface area contributed by atoms with Gasteiger partial charge in [-0.1, -0.05) is 0 Å². The minimum Gasteiger partial charge on any atom is -0.399 e. The van der Waals surface area contributed by atoms with Gasteiger partial charge in [0.05, 0.1) is 17.1 Å². The molecule has 18 heavy (non-hydrogen) atoms. The van der Waals surface area contributed by atoms with E-state index in [-0.39, 0.29) is 0 Å². The van der Waals surface area contributed by atoms with Crippen molar-refractivity contribution < 1.29 is 4.74 Å². The van der Waals surface area contributed by atoms with Crippen LogP contribution < -0.4 is 11.1 Å². The molecule has 1 aliphatic heterocycles. The van der Waals surface area contributed by atoms with Crippen LogP contribution in [-0.4, -0.2) is 29.2 Å². The summed E-state index contributed by atoms with van der Waals surface area (Å²) in [5.74, 6) is 0.782. The molecule has 5 nitrogen and oxygen atoms in total. The van der Waals surface area contributed by atoms with E-state index in [1.165, 1.54) is 12.8 Å². The molecule has 0 saturated carbocycles. The van der Waals surface area contributed by atoms with E-state index < -0.39 is 0 Å². The number of nitrogens with one attached hydrogen (secondary N) is 2. The number of ether oxygens (including phenoxy) is 1. The Kier molecular flexibility index (Phi) is 3.06. The van der Waals surface area contributed by atoms with Gasteiger partial charge in [-0.05, 0) is 37.5 Å². The molecule has 0 radical (unpaired) electrons. The number of H-pyrrole nitrogens is 1. The van der Waals surface area contributed by atoms with Gasteiger partial charge in [-0.15, -0.1) is 0 Å². The first-order valence-corrected chi connectivity index (χ1v) is 6.42. The highest BCUT2D eigenvalue weighted by molar-refractivity contribution is 5.80. The van der Waals surface area contributed by atoms with E-state index in [1.54, 1.807) is 0 Å². The van der Waals surface area contributed by atoms with Crippen LogP contribution in [0.3, 0.4) is 0 Å². The average Bonchev–Trinajstić information content (AvgIpc) is 2.79. The average molecular weight is 246 g/mol. The van der Waals surface area contributed by atoms with Crippen LogP contribution >= 0.6 is 0 Å². The molecule has 0 amide bonds. The molecule has 4 N–H and O–H groups in total. The first-order valence-electron chi connectivity index (χ1n) is 6.42. The van der Waals surface area contributed by atoms with Crippen molar-refractivity contribution in [2.45, 2.75) is 25.4 Å². The second-order valence-electron chi connectivity index (χ2n) is 4.73. The predicted octanol–water partition coefficient (Wildman–Crippen LogP) is 2.13. The summed E-state index contributed by atoms with van der Waals surface area (Å²) in [6.45, 7) is 1.68. The number of fused-ring (bicyclic) bond motifs is 1. The Hall–Kier alpha value is -1.75. The van der Waals surface area contributed by atoms with Crippen molar-refractivity contribution in [1.82, 2.24) is 9.97 Å². The Bertz CT molecular complexity index is 531. The highest BCUT2D eigenvalue weighted by atomic mass is 16.5. The molecule has 96 valence electrons. The van der Waals surface area contributed by atoms with Gasteiger partial charge in [0.1, 0.15) is 0 Å². The fourth-order valence-corrected chi connectivity index (χ4v) is 2.29. The molecule has 0 aliphatic carbocycles. The molecule has 1 saturated heterocycles. The summed E-state index contributed by atoms with van der Waals surface area (Å²) in [4.78, 5) is 7.68. The summed E-state index contributed by atoms with van der Waals surface area (Å²) >= 11 is 0. The van der Waals surface area contributed by atoms with Gasteiger partial charge in [0.25, 0.3) is 0 Å². The number of nitrogens with zero attached hydrogens (tertiary/aromatic N) is 1. The number of aromatic nitrogens is 2. The van der Waals surface area contributed by atoms with E-state index >= 15 is 0 Å². The molecule has 1 aromatic carbocycles. The van der Waals surface area contributed by atoms with E-state index in [0.717, 1.165) is 42.2 Å². The third kappa shape index (κ3) is 2.41. The standard InChI is InChI=1S/C13H18N4O/c14-9-4-5-11-12(7-9)17-13(16-11)15-8-10-3-1-2-6-18-10/h4-5,7,10H,1-3,6,8,14H2,(H2,15,16,17). The number of benzene rings is 1. The van der Waals surface area contributed by atoms with Gasteiger partial charge < -0.3 is 20.8 Å². The zero-order valence-corrected chi connectivity index (χ0v) is 10.3. The number of imidazole rings is 1. The smallest absolute Gasteiger partial charge is 0.201 e. The first-order chi connectivity index (χ1) is 8.81. The molecule has 2 heterocycles. The predicted molar refractivity (Wildman–Crippen MR) is 72.6 cm³/mol. The van der Waals surface area contributed by atoms with E-state index in [1.807, 2.05) is 18.2 Å². The fourth-order valence-electron chi connectivity index (χ4n) is 2.29. The number of aromatic amines is 1. The van der Waals surface area contributed by atoms with Gasteiger partial charge in [-0.25, -0.2) is 4.98 Å². The molecule has 0 spiro atoms. The van der Waals surface area contributed by atoms with Gasteiger partial charge in [-0.3, -0.25) is 0 Å². The number of rotatable bonds is 3. The Morgan fingerprint density at radius 3 is 3.22 bits per heavy atom. The van der Waals surface area contributed by atoms with Gasteiger partial charge in [-0.2, -0.15) is 0 Å². The SMILES string of the molecule is Nc1ccc2nc(NCC3CCCCO3)[nH]c2c1. The highest BCUT2D eigenvalue weighted by Crippen LogP contribution is 2.18. The van der Waals surface area contributed by atoms with Crippen molar-refractivity contribution >= 4 is 22.7 Å². The Morgan fingerprint density at radius 2 is 2.39 bits per heavy atom. The Balaban J connectivity index is 1.67. The molecule has 5 heteroatoms. The molecular weight excluding hydrogens is 228 g/mol. The number of hydrogen-bond acceptors (Lipinski definition) is 4.